The van der Waals surface area contributed by atoms with Gasteiger partial charge in [-0.3, -0.25) is 9.59 Å². The topological polar surface area (TPSA) is 63.6 Å². The molecule has 1 unspecified atom stereocenters. The van der Waals surface area contributed by atoms with E-state index in [2.05, 4.69) is 20.8 Å². The van der Waals surface area contributed by atoms with E-state index in [1.807, 2.05) is 0 Å². The minimum atomic E-state index is -0.726. The molecule has 26 heavy (non-hydrogen) atoms. The molecule has 0 heterocycles. The zero-order chi connectivity index (χ0) is 19.4. The molecule has 0 spiro atoms. The van der Waals surface area contributed by atoms with Gasteiger partial charge in [-0.15, -0.1) is 0 Å². The number of carboxylic acid groups (broad SMARTS) is 1. The van der Waals surface area contributed by atoms with Crippen molar-refractivity contribution in [3.63, 3.8) is 0 Å². The molecular weight excluding hydrogens is 328 g/mol. The van der Waals surface area contributed by atoms with Crippen molar-refractivity contribution in [2.75, 3.05) is 0 Å². The van der Waals surface area contributed by atoms with Crippen LogP contribution in [-0.2, 0) is 14.3 Å². The highest BCUT2D eigenvalue weighted by atomic mass is 16.5. The Labute approximate surface area is 160 Å². The normalized spacial score (nSPS) is 21.5. The van der Waals surface area contributed by atoms with Gasteiger partial charge >= 0.3 is 11.9 Å². The monoisotopic (exact) mass is 368 g/mol. The number of aliphatic carboxylic acids is 1. The van der Waals surface area contributed by atoms with Gasteiger partial charge in [-0.25, -0.2) is 0 Å². The predicted molar refractivity (Wildman–Crippen MR) is 105 cm³/mol. The molecule has 0 bridgehead atoms. The molecule has 1 aliphatic carbocycles. The number of ether oxygens (including phenoxy) is 1. The molecule has 0 aliphatic heterocycles. The van der Waals surface area contributed by atoms with E-state index in [0.717, 1.165) is 31.6 Å². The third-order valence-electron chi connectivity index (χ3n) is 5.63. The van der Waals surface area contributed by atoms with Crippen LogP contribution in [0.1, 0.15) is 104 Å². The standard InChI is InChI=1S/C22H40O4/c1-4-5-6-7-11-20(12-9-8-10-17(2)3)26-22(25)19-15-13-18(14-16-19)21(23)24/h17-20H,4-16H2,1-3H3,(H,23,24). The van der Waals surface area contributed by atoms with Crippen LogP contribution >= 0.6 is 0 Å². The first-order valence-electron chi connectivity index (χ1n) is 10.9. The summed E-state index contributed by atoms with van der Waals surface area (Å²) >= 11 is 0. The summed E-state index contributed by atoms with van der Waals surface area (Å²) in [5, 5.41) is 9.09. The van der Waals surface area contributed by atoms with Crippen LogP contribution in [0.2, 0.25) is 0 Å². The number of hydrogen-bond donors (Lipinski definition) is 1. The molecule has 0 radical (unpaired) electrons. The Morgan fingerprint density at radius 3 is 1.96 bits per heavy atom. The van der Waals surface area contributed by atoms with Crippen LogP contribution in [0.15, 0.2) is 0 Å². The summed E-state index contributed by atoms with van der Waals surface area (Å²) in [5.74, 6) is -0.460. The molecule has 0 amide bonds. The van der Waals surface area contributed by atoms with E-state index in [9.17, 15) is 9.59 Å². The van der Waals surface area contributed by atoms with Gasteiger partial charge in [-0.2, -0.15) is 0 Å². The lowest BCUT2D eigenvalue weighted by Crippen LogP contribution is -2.29. The van der Waals surface area contributed by atoms with Crippen LogP contribution in [0.3, 0.4) is 0 Å². The highest BCUT2D eigenvalue weighted by Crippen LogP contribution is 2.30. The van der Waals surface area contributed by atoms with Gasteiger partial charge < -0.3 is 9.84 Å². The minimum Gasteiger partial charge on any atom is -0.481 e. The van der Waals surface area contributed by atoms with Crippen molar-refractivity contribution in [1.29, 1.82) is 0 Å². The average molecular weight is 369 g/mol. The molecule has 1 saturated carbocycles. The lowest BCUT2D eigenvalue weighted by molar-refractivity contribution is -0.158. The van der Waals surface area contributed by atoms with Crippen LogP contribution < -0.4 is 0 Å². The second kappa shape index (κ2) is 13.2. The summed E-state index contributed by atoms with van der Waals surface area (Å²) in [5.41, 5.74) is 0. The van der Waals surface area contributed by atoms with Crippen molar-refractivity contribution in [3.8, 4) is 0 Å². The quantitative estimate of drug-likeness (QED) is 0.321. The van der Waals surface area contributed by atoms with Crippen molar-refractivity contribution in [2.45, 2.75) is 110 Å². The molecule has 0 aromatic heterocycles. The third kappa shape index (κ3) is 9.59. The second-order valence-corrected chi connectivity index (χ2v) is 8.47. The Balaban J connectivity index is 2.41. The van der Waals surface area contributed by atoms with Crippen LogP contribution in [0.5, 0.6) is 0 Å². The summed E-state index contributed by atoms with van der Waals surface area (Å²) in [7, 11) is 0. The second-order valence-electron chi connectivity index (χ2n) is 8.47. The first-order chi connectivity index (χ1) is 12.4. The maximum atomic E-state index is 12.5. The lowest BCUT2D eigenvalue weighted by Gasteiger charge is -2.27. The lowest BCUT2D eigenvalue weighted by atomic mass is 9.82. The van der Waals surface area contributed by atoms with Crippen LogP contribution in [0.4, 0.5) is 0 Å². The van der Waals surface area contributed by atoms with Crippen LogP contribution in [0, 0.1) is 17.8 Å². The summed E-state index contributed by atoms with van der Waals surface area (Å²) in [6, 6.07) is 0. The maximum absolute atomic E-state index is 12.5. The number of rotatable bonds is 13. The number of carbonyl (C=O) groups excluding carboxylic acids is 1. The van der Waals surface area contributed by atoms with Crippen molar-refractivity contribution < 1.29 is 19.4 Å². The largest absolute Gasteiger partial charge is 0.481 e. The fraction of sp³-hybridized carbons (Fsp3) is 0.909. The molecule has 4 heteroatoms. The SMILES string of the molecule is CCCCCCC(CCCCC(C)C)OC(=O)C1CCC(C(=O)O)CC1. The van der Waals surface area contributed by atoms with E-state index < -0.39 is 5.97 Å². The summed E-state index contributed by atoms with van der Waals surface area (Å²) in [4.78, 5) is 23.6. The molecule has 0 aromatic carbocycles. The highest BCUT2D eigenvalue weighted by Gasteiger charge is 2.31. The first-order valence-corrected chi connectivity index (χ1v) is 10.9. The van der Waals surface area contributed by atoms with Gasteiger partial charge in [0, 0.05) is 0 Å². The Morgan fingerprint density at radius 1 is 0.885 bits per heavy atom. The molecule has 1 atom stereocenters. The summed E-state index contributed by atoms with van der Waals surface area (Å²) in [6.45, 7) is 6.70. The molecule has 1 N–H and O–H groups in total. The van der Waals surface area contributed by atoms with Crippen molar-refractivity contribution >= 4 is 11.9 Å². The Morgan fingerprint density at radius 2 is 1.42 bits per heavy atom. The highest BCUT2D eigenvalue weighted by molar-refractivity contribution is 5.74. The van der Waals surface area contributed by atoms with Crippen molar-refractivity contribution in [1.82, 2.24) is 0 Å². The van der Waals surface area contributed by atoms with Gasteiger partial charge in [0.2, 0.25) is 0 Å². The van der Waals surface area contributed by atoms with Gasteiger partial charge in [-0.1, -0.05) is 52.9 Å². The van der Waals surface area contributed by atoms with Gasteiger partial charge in [0.25, 0.3) is 0 Å². The van der Waals surface area contributed by atoms with E-state index in [1.165, 1.54) is 32.1 Å². The zero-order valence-corrected chi connectivity index (χ0v) is 17.2. The van der Waals surface area contributed by atoms with Gasteiger partial charge in [0.05, 0.1) is 11.8 Å². The number of carboxylic acids is 1. The van der Waals surface area contributed by atoms with Crippen molar-refractivity contribution in [2.24, 2.45) is 17.8 Å². The third-order valence-corrected chi connectivity index (χ3v) is 5.63. The number of hydrogen-bond acceptors (Lipinski definition) is 3. The Kier molecular flexibility index (Phi) is 11.6. The first kappa shape index (κ1) is 23.0. The molecule has 1 aliphatic rings. The van der Waals surface area contributed by atoms with E-state index in [-0.39, 0.29) is 23.9 Å². The van der Waals surface area contributed by atoms with Gasteiger partial charge in [0.15, 0.2) is 0 Å². The Bertz CT molecular complexity index is 397. The smallest absolute Gasteiger partial charge is 0.309 e. The number of esters is 1. The molecule has 0 saturated heterocycles. The predicted octanol–water partition coefficient (Wildman–Crippen LogP) is 5.98. The minimum absolute atomic E-state index is 0.0451. The molecule has 1 rings (SSSR count). The van der Waals surface area contributed by atoms with E-state index in [0.29, 0.717) is 25.7 Å². The van der Waals surface area contributed by atoms with Crippen LogP contribution in [0.25, 0.3) is 0 Å². The van der Waals surface area contributed by atoms with Crippen molar-refractivity contribution in [3.05, 3.63) is 0 Å². The summed E-state index contributed by atoms with van der Waals surface area (Å²) < 4.78 is 5.89. The van der Waals surface area contributed by atoms with E-state index in [1.54, 1.807) is 0 Å². The maximum Gasteiger partial charge on any atom is 0.309 e. The van der Waals surface area contributed by atoms with Gasteiger partial charge in [-0.05, 0) is 57.3 Å². The number of unbranched alkanes of at least 4 members (excludes halogenated alkanes) is 4. The fourth-order valence-electron chi connectivity index (χ4n) is 3.82. The molecular formula is C22H40O4. The molecule has 4 nitrogen and oxygen atoms in total. The molecule has 0 aromatic rings. The molecule has 152 valence electrons. The van der Waals surface area contributed by atoms with E-state index in [4.69, 9.17) is 9.84 Å². The summed E-state index contributed by atoms with van der Waals surface area (Å²) in [6.07, 6.45) is 12.8. The molecule has 1 fully saturated rings. The Hall–Kier alpha value is -1.06. The number of carbonyl (C=O) groups is 2. The average Bonchev–Trinajstić information content (AvgIpc) is 2.61. The van der Waals surface area contributed by atoms with Gasteiger partial charge in [0.1, 0.15) is 6.10 Å². The van der Waals surface area contributed by atoms with E-state index >= 15 is 0 Å². The fourth-order valence-corrected chi connectivity index (χ4v) is 3.82. The zero-order valence-electron chi connectivity index (χ0n) is 17.2. The van der Waals surface area contributed by atoms with Crippen LogP contribution in [-0.4, -0.2) is 23.1 Å².